The molecule has 0 fully saturated rings. The van der Waals surface area contributed by atoms with E-state index < -0.39 is 36.5 Å². The molecule has 22 heavy (non-hydrogen) atoms. The molecule has 1 aromatic carbocycles. The number of rotatable bonds is 5. The maximum Gasteiger partial charge on any atom is 0.349 e. The number of carbonyl (C=O) groups is 3. The lowest BCUT2D eigenvalue weighted by Crippen LogP contribution is -2.40. The molecule has 8 heteroatoms. The Morgan fingerprint density at radius 3 is 2.55 bits per heavy atom. The molecule has 0 radical (unpaired) electrons. The van der Waals surface area contributed by atoms with Crippen LogP contribution in [0.5, 0.6) is 0 Å². The van der Waals surface area contributed by atoms with Crippen LogP contribution in [0.15, 0.2) is 39.5 Å². The monoisotopic (exact) mass is 304 g/mol. The quantitative estimate of drug-likeness (QED) is 0.652. The second-order valence-electron chi connectivity index (χ2n) is 4.34. The van der Waals surface area contributed by atoms with Crippen molar-refractivity contribution in [2.75, 3.05) is 13.1 Å². The largest absolute Gasteiger partial charge is 0.480 e. The first-order chi connectivity index (χ1) is 10.5. The summed E-state index contributed by atoms with van der Waals surface area (Å²) in [5.74, 6) is -2.65. The Morgan fingerprint density at radius 1 is 1.09 bits per heavy atom. The topological polar surface area (TPSA) is 126 Å². The number of aliphatic carboxylic acids is 1. The average molecular weight is 304 g/mol. The van der Waals surface area contributed by atoms with E-state index >= 15 is 0 Å². The molecule has 0 saturated heterocycles. The van der Waals surface area contributed by atoms with Crippen molar-refractivity contribution in [3.63, 3.8) is 0 Å². The van der Waals surface area contributed by atoms with Crippen molar-refractivity contribution in [1.82, 2.24) is 10.6 Å². The molecule has 0 aliphatic heterocycles. The summed E-state index contributed by atoms with van der Waals surface area (Å²) in [5.41, 5.74) is -0.699. The number of fused-ring (bicyclic) bond motifs is 1. The molecule has 8 nitrogen and oxygen atoms in total. The van der Waals surface area contributed by atoms with E-state index in [4.69, 9.17) is 9.52 Å². The standard InChI is InChI=1S/C14H12N2O6/c17-11(15-7-12(18)19)6-16-13(20)9-5-8-3-1-2-4-10(8)22-14(9)21/h1-5H,6-7H2,(H,15,17)(H,16,20)(H,18,19). The van der Waals surface area contributed by atoms with Gasteiger partial charge in [0.05, 0.1) is 6.54 Å². The number of hydrogen-bond acceptors (Lipinski definition) is 5. The van der Waals surface area contributed by atoms with Gasteiger partial charge in [-0.05, 0) is 12.1 Å². The van der Waals surface area contributed by atoms with Crippen molar-refractivity contribution in [2.45, 2.75) is 0 Å². The fraction of sp³-hybridized carbons (Fsp3) is 0.143. The SMILES string of the molecule is O=C(O)CNC(=O)CNC(=O)c1cc2ccccc2oc1=O. The zero-order valence-electron chi connectivity index (χ0n) is 11.3. The van der Waals surface area contributed by atoms with Gasteiger partial charge in [0.1, 0.15) is 17.7 Å². The Hall–Kier alpha value is -3.16. The third-order valence-electron chi connectivity index (χ3n) is 2.73. The van der Waals surface area contributed by atoms with Crippen LogP contribution in [-0.2, 0) is 9.59 Å². The minimum Gasteiger partial charge on any atom is -0.480 e. The van der Waals surface area contributed by atoms with E-state index in [2.05, 4.69) is 10.6 Å². The van der Waals surface area contributed by atoms with Crippen LogP contribution < -0.4 is 16.3 Å². The molecule has 0 atom stereocenters. The number of para-hydroxylation sites is 1. The maximum atomic E-state index is 11.9. The van der Waals surface area contributed by atoms with Crippen molar-refractivity contribution in [2.24, 2.45) is 0 Å². The van der Waals surface area contributed by atoms with Gasteiger partial charge >= 0.3 is 11.6 Å². The first-order valence-electron chi connectivity index (χ1n) is 6.27. The number of nitrogens with one attached hydrogen (secondary N) is 2. The lowest BCUT2D eigenvalue weighted by molar-refractivity contribution is -0.137. The summed E-state index contributed by atoms with van der Waals surface area (Å²) in [7, 11) is 0. The van der Waals surface area contributed by atoms with Crippen LogP contribution >= 0.6 is 0 Å². The Morgan fingerprint density at radius 2 is 1.82 bits per heavy atom. The summed E-state index contributed by atoms with van der Waals surface area (Å²) in [6, 6.07) is 8.05. The van der Waals surface area contributed by atoms with E-state index in [-0.39, 0.29) is 5.56 Å². The third-order valence-corrected chi connectivity index (χ3v) is 2.73. The molecular weight excluding hydrogens is 292 g/mol. The number of carbonyl (C=O) groups excluding carboxylic acids is 2. The van der Waals surface area contributed by atoms with Gasteiger partial charge in [0.2, 0.25) is 5.91 Å². The Kier molecular flexibility index (Phi) is 4.52. The fourth-order valence-electron chi connectivity index (χ4n) is 1.71. The summed E-state index contributed by atoms with van der Waals surface area (Å²) >= 11 is 0. The van der Waals surface area contributed by atoms with Crippen molar-refractivity contribution in [3.05, 3.63) is 46.3 Å². The lowest BCUT2D eigenvalue weighted by Gasteiger charge is -2.05. The average Bonchev–Trinajstić information content (AvgIpc) is 2.49. The van der Waals surface area contributed by atoms with Crippen LogP contribution in [0.2, 0.25) is 0 Å². The third kappa shape index (κ3) is 3.69. The van der Waals surface area contributed by atoms with Crippen LogP contribution in [0, 0.1) is 0 Å². The molecule has 0 aliphatic rings. The first-order valence-corrected chi connectivity index (χ1v) is 6.27. The van der Waals surface area contributed by atoms with E-state index in [9.17, 15) is 19.2 Å². The predicted molar refractivity (Wildman–Crippen MR) is 75.5 cm³/mol. The van der Waals surface area contributed by atoms with Crippen LogP contribution in [0.1, 0.15) is 10.4 Å². The number of carboxylic acid groups (broad SMARTS) is 1. The van der Waals surface area contributed by atoms with Gasteiger partial charge in [-0.3, -0.25) is 14.4 Å². The van der Waals surface area contributed by atoms with Crippen molar-refractivity contribution < 1.29 is 23.9 Å². The molecular formula is C14H12N2O6. The van der Waals surface area contributed by atoms with E-state index in [1.165, 1.54) is 6.07 Å². The van der Waals surface area contributed by atoms with Gasteiger partial charge < -0.3 is 20.2 Å². The highest BCUT2D eigenvalue weighted by atomic mass is 16.4. The fourth-order valence-corrected chi connectivity index (χ4v) is 1.71. The molecule has 2 aromatic rings. The number of carboxylic acids is 1. The van der Waals surface area contributed by atoms with Crippen molar-refractivity contribution in [1.29, 1.82) is 0 Å². The van der Waals surface area contributed by atoms with Gasteiger partial charge in [0.15, 0.2) is 0 Å². The zero-order valence-corrected chi connectivity index (χ0v) is 11.3. The zero-order chi connectivity index (χ0) is 16.1. The highest BCUT2D eigenvalue weighted by Gasteiger charge is 2.14. The van der Waals surface area contributed by atoms with Gasteiger partial charge in [-0.1, -0.05) is 18.2 Å². The molecule has 0 saturated carbocycles. The molecule has 2 amide bonds. The number of amides is 2. The Bertz CT molecular complexity index is 795. The van der Waals surface area contributed by atoms with Gasteiger partial charge in [-0.25, -0.2) is 4.79 Å². The van der Waals surface area contributed by atoms with Crippen LogP contribution in [0.4, 0.5) is 0 Å². The summed E-state index contributed by atoms with van der Waals surface area (Å²) in [4.78, 5) is 45.2. The molecule has 3 N–H and O–H groups in total. The van der Waals surface area contributed by atoms with E-state index in [1.54, 1.807) is 24.3 Å². The molecule has 114 valence electrons. The molecule has 0 bridgehead atoms. The summed E-state index contributed by atoms with van der Waals surface area (Å²) < 4.78 is 5.01. The smallest absolute Gasteiger partial charge is 0.349 e. The van der Waals surface area contributed by atoms with Crippen molar-refractivity contribution >= 4 is 28.8 Å². The molecule has 0 unspecified atom stereocenters. The Labute approximate surface area is 123 Å². The van der Waals surface area contributed by atoms with E-state index in [0.717, 1.165) is 0 Å². The molecule has 1 aromatic heterocycles. The van der Waals surface area contributed by atoms with Gasteiger partial charge in [0, 0.05) is 5.39 Å². The van der Waals surface area contributed by atoms with E-state index in [1.807, 2.05) is 0 Å². The molecule has 0 spiro atoms. The summed E-state index contributed by atoms with van der Waals surface area (Å²) in [5, 5.41) is 13.3. The lowest BCUT2D eigenvalue weighted by atomic mass is 10.2. The first kappa shape index (κ1) is 15.2. The highest BCUT2D eigenvalue weighted by Crippen LogP contribution is 2.12. The second-order valence-corrected chi connectivity index (χ2v) is 4.34. The second kappa shape index (κ2) is 6.53. The van der Waals surface area contributed by atoms with Crippen LogP contribution in [-0.4, -0.2) is 36.0 Å². The number of benzene rings is 1. The van der Waals surface area contributed by atoms with Crippen LogP contribution in [0.3, 0.4) is 0 Å². The van der Waals surface area contributed by atoms with E-state index in [0.29, 0.717) is 11.0 Å². The van der Waals surface area contributed by atoms with Gasteiger partial charge in [0.25, 0.3) is 5.91 Å². The van der Waals surface area contributed by atoms with Gasteiger partial charge in [-0.15, -0.1) is 0 Å². The number of hydrogen-bond donors (Lipinski definition) is 3. The van der Waals surface area contributed by atoms with Gasteiger partial charge in [-0.2, -0.15) is 0 Å². The normalized spacial score (nSPS) is 10.2. The minimum atomic E-state index is -1.20. The Balaban J connectivity index is 2.06. The predicted octanol–water partition coefficient (Wildman–Crippen LogP) is -0.276. The molecule has 0 aliphatic carbocycles. The minimum absolute atomic E-state index is 0.232. The molecule has 2 rings (SSSR count). The summed E-state index contributed by atoms with van der Waals surface area (Å²) in [6.07, 6.45) is 0. The molecule has 1 heterocycles. The van der Waals surface area contributed by atoms with Crippen LogP contribution in [0.25, 0.3) is 11.0 Å². The summed E-state index contributed by atoms with van der Waals surface area (Å²) in [6.45, 7) is -0.995. The maximum absolute atomic E-state index is 11.9. The highest BCUT2D eigenvalue weighted by molar-refractivity contribution is 5.98. The van der Waals surface area contributed by atoms with Crippen molar-refractivity contribution in [3.8, 4) is 0 Å².